The van der Waals surface area contributed by atoms with Crippen molar-refractivity contribution < 1.29 is 9.59 Å². The quantitative estimate of drug-likeness (QED) is 0.901. The molecule has 1 N–H and O–H groups in total. The highest BCUT2D eigenvalue weighted by Crippen LogP contribution is 2.19. The van der Waals surface area contributed by atoms with Gasteiger partial charge in [-0.25, -0.2) is 0 Å². The first-order valence-electron chi connectivity index (χ1n) is 6.31. The van der Waals surface area contributed by atoms with Crippen LogP contribution in [-0.4, -0.2) is 17.6 Å². The van der Waals surface area contributed by atoms with Crippen LogP contribution < -0.4 is 10.3 Å². The van der Waals surface area contributed by atoms with Gasteiger partial charge in [0.1, 0.15) is 5.84 Å². The van der Waals surface area contributed by atoms with Crippen LogP contribution >= 0.6 is 0 Å². The summed E-state index contributed by atoms with van der Waals surface area (Å²) < 4.78 is 0. The lowest BCUT2D eigenvalue weighted by Gasteiger charge is -2.10. The van der Waals surface area contributed by atoms with Gasteiger partial charge >= 0.3 is 0 Å². The number of amidine groups is 1. The zero-order valence-corrected chi connectivity index (χ0v) is 11.1. The van der Waals surface area contributed by atoms with Crippen LogP contribution in [0.25, 0.3) is 0 Å². The summed E-state index contributed by atoms with van der Waals surface area (Å²) in [5.74, 6) is 0.463. The zero-order valence-electron chi connectivity index (χ0n) is 11.1. The number of carbonyl (C=O) groups excluding carboxylic acids is 2. The van der Waals surface area contributed by atoms with E-state index in [0.717, 1.165) is 0 Å². The summed E-state index contributed by atoms with van der Waals surface area (Å²) in [5, 5.41) is 8.17. The maximum atomic E-state index is 11.8. The first-order chi connectivity index (χ1) is 9.06. The Morgan fingerprint density at radius 3 is 2.68 bits per heavy atom. The van der Waals surface area contributed by atoms with Gasteiger partial charge in [-0.05, 0) is 18.1 Å². The van der Waals surface area contributed by atoms with Crippen LogP contribution in [-0.2, 0) is 9.59 Å². The molecule has 0 aromatic heterocycles. The summed E-state index contributed by atoms with van der Waals surface area (Å²) in [7, 11) is 0. The molecule has 0 fully saturated rings. The number of carbonyl (C=O) groups is 2. The summed E-state index contributed by atoms with van der Waals surface area (Å²) in [6.07, 6.45) is 0.567. The average Bonchev–Trinajstić information content (AvgIpc) is 2.70. The Kier molecular flexibility index (Phi) is 3.94. The van der Waals surface area contributed by atoms with Crippen molar-refractivity contribution in [2.75, 3.05) is 5.01 Å². The molecule has 0 aliphatic carbocycles. The number of hydrazone groups is 1. The molecule has 0 saturated carbocycles. The van der Waals surface area contributed by atoms with Crippen LogP contribution in [0.1, 0.15) is 26.7 Å². The Morgan fingerprint density at radius 2 is 2.05 bits per heavy atom. The Morgan fingerprint density at radius 1 is 1.37 bits per heavy atom. The van der Waals surface area contributed by atoms with Gasteiger partial charge in [-0.3, -0.25) is 9.59 Å². The van der Waals surface area contributed by atoms with E-state index in [-0.39, 0.29) is 24.2 Å². The second kappa shape index (κ2) is 5.65. The van der Waals surface area contributed by atoms with Gasteiger partial charge in [0.2, 0.25) is 5.91 Å². The smallest absolute Gasteiger partial charge is 0.255 e. The van der Waals surface area contributed by atoms with Gasteiger partial charge in [0.15, 0.2) is 0 Å². The second-order valence-corrected chi connectivity index (χ2v) is 4.91. The molecule has 1 aliphatic heterocycles. The number of hydrogen-bond donors (Lipinski definition) is 1. The topological polar surface area (TPSA) is 61.8 Å². The van der Waals surface area contributed by atoms with Crippen molar-refractivity contribution in [3.05, 3.63) is 30.3 Å². The van der Waals surface area contributed by atoms with Gasteiger partial charge in [0, 0.05) is 6.42 Å². The molecule has 0 bridgehead atoms. The molecule has 19 heavy (non-hydrogen) atoms. The van der Waals surface area contributed by atoms with E-state index in [1.807, 2.05) is 32.0 Å². The average molecular weight is 259 g/mol. The summed E-state index contributed by atoms with van der Waals surface area (Å²) in [6, 6.07) is 9.17. The van der Waals surface area contributed by atoms with E-state index in [9.17, 15) is 9.59 Å². The highest BCUT2D eigenvalue weighted by molar-refractivity contribution is 6.15. The van der Waals surface area contributed by atoms with Gasteiger partial charge in [-0.15, -0.1) is 0 Å². The number of rotatable bonds is 3. The predicted octanol–water partition coefficient (Wildman–Crippen LogP) is 1.90. The van der Waals surface area contributed by atoms with Crippen molar-refractivity contribution in [2.24, 2.45) is 11.0 Å². The Bertz CT molecular complexity index is 509. The first kappa shape index (κ1) is 13.3. The Hall–Kier alpha value is -2.17. The predicted molar refractivity (Wildman–Crippen MR) is 73.6 cm³/mol. The van der Waals surface area contributed by atoms with E-state index in [1.54, 1.807) is 12.1 Å². The summed E-state index contributed by atoms with van der Waals surface area (Å²) in [5.41, 5.74) is 0.709. The summed E-state index contributed by atoms with van der Waals surface area (Å²) in [4.78, 5) is 23.5. The minimum atomic E-state index is -0.133. The van der Waals surface area contributed by atoms with Gasteiger partial charge in [-0.2, -0.15) is 10.1 Å². The van der Waals surface area contributed by atoms with E-state index in [4.69, 9.17) is 0 Å². The molecule has 2 rings (SSSR count). The van der Waals surface area contributed by atoms with E-state index >= 15 is 0 Å². The number of amides is 2. The fourth-order valence-corrected chi connectivity index (χ4v) is 1.85. The van der Waals surface area contributed by atoms with Gasteiger partial charge < -0.3 is 5.32 Å². The molecular formula is C14H17N3O2. The van der Waals surface area contributed by atoms with E-state index in [2.05, 4.69) is 10.4 Å². The van der Waals surface area contributed by atoms with E-state index in [1.165, 1.54) is 5.01 Å². The summed E-state index contributed by atoms with van der Waals surface area (Å²) in [6.45, 7) is 3.94. The molecule has 100 valence electrons. The molecule has 0 unspecified atom stereocenters. The SMILES string of the molecule is CC(C)CC(=O)NC1=NN(c2ccccc2)C(=O)C1. The highest BCUT2D eigenvalue weighted by atomic mass is 16.2. The number of hydrogen-bond acceptors (Lipinski definition) is 3. The number of nitrogens with zero attached hydrogens (tertiary/aromatic N) is 2. The highest BCUT2D eigenvalue weighted by Gasteiger charge is 2.26. The Balaban J connectivity index is 2.05. The standard InChI is InChI=1S/C14H17N3O2/c1-10(2)8-13(18)15-12-9-14(19)17(16-12)11-6-4-3-5-7-11/h3-7,10H,8-9H2,1-2H3,(H,15,16,18). The maximum Gasteiger partial charge on any atom is 0.255 e. The lowest BCUT2D eigenvalue weighted by atomic mass is 10.1. The first-order valence-corrected chi connectivity index (χ1v) is 6.31. The Labute approximate surface area is 112 Å². The lowest BCUT2D eigenvalue weighted by molar-refractivity contribution is -0.120. The molecule has 1 aromatic rings. The second-order valence-electron chi connectivity index (χ2n) is 4.91. The normalized spacial score (nSPS) is 14.8. The number of benzene rings is 1. The fourth-order valence-electron chi connectivity index (χ4n) is 1.85. The van der Waals surface area contributed by atoms with Crippen molar-refractivity contribution in [1.29, 1.82) is 0 Å². The van der Waals surface area contributed by atoms with Gasteiger partial charge in [0.25, 0.3) is 5.91 Å². The van der Waals surface area contributed by atoms with Crippen molar-refractivity contribution in [1.82, 2.24) is 5.32 Å². The zero-order chi connectivity index (χ0) is 13.8. The van der Waals surface area contributed by atoms with Crippen LogP contribution in [0.15, 0.2) is 35.4 Å². The molecule has 1 aliphatic rings. The molecule has 0 radical (unpaired) electrons. The van der Waals surface area contributed by atoms with Crippen LogP contribution in [0, 0.1) is 5.92 Å². The lowest BCUT2D eigenvalue weighted by Crippen LogP contribution is -2.30. The van der Waals surface area contributed by atoms with E-state index < -0.39 is 0 Å². The van der Waals surface area contributed by atoms with Gasteiger partial charge in [-0.1, -0.05) is 32.0 Å². The van der Waals surface area contributed by atoms with Crippen molar-refractivity contribution in [3.8, 4) is 0 Å². The fraction of sp³-hybridized carbons (Fsp3) is 0.357. The number of para-hydroxylation sites is 1. The molecule has 0 saturated heterocycles. The maximum absolute atomic E-state index is 11.8. The summed E-state index contributed by atoms with van der Waals surface area (Å²) >= 11 is 0. The molecule has 1 heterocycles. The third kappa shape index (κ3) is 3.40. The molecule has 1 aromatic carbocycles. The number of nitrogens with one attached hydrogen (secondary N) is 1. The molecule has 2 amide bonds. The minimum Gasteiger partial charge on any atom is -0.312 e. The van der Waals surface area contributed by atoms with Crippen molar-refractivity contribution in [2.45, 2.75) is 26.7 Å². The third-order valence-electron chi connectivity index (χ3n) is 2.65. The molecule has 5 nitrogen and oxygen atoms in total. The minimum absolute atomic E-state index is 0.100. The number of anilines is 1. The van der Waals surface area contributed by atoms with Crippen LogP contribution in [0.5, 0.6) is 0 Å². The monoisotopic (exact) mass is 259 g/mol. The van der Waals surface area contributed by atoms with Crippen molar-refractivity contribution in [3.63, 3.8) is 0 Å². The largest absolute Gasteiger partial charge is 0.312 e. The van der Waals surface area contributed by atoms with Crippen LogP contribution in [0.2, 0.25) is 0 Å². The molecular weight excluding hydrogens is 242 g/mol. The molecule has 0 spiro atoms. The third-order valence-corrected chi connectivity index (χ3v) is 2.65. The van der Waals surface area contributed by atoms with Crippen LogP contribution in [0.4, 0.5) is 5.69 Å². The van der Waals surface area contributed by atoms with Crippen LogP contribution in [0.3, 0.4) is 0 Å². The van der Waals surface area contributed by atoms with Gasteiger partial charge in [0.05, 0.1) is 12.1 Å². The molecule has 0 atom stereocenters. The molecule has 5 heteroatoms. The van der Waals surface area contributed by atoms with E-state index in [0.29, 0.717) is 17.9 Å². The van der Waals surface area contributed by atoms with Crippen molar-refractivity contribution >= 4 is 23.3 Å².